The quantitative estimate of drug-likeness (QED) is 0.646. The molecule has 0 saturated carbocycles. The second kappa shape index (κ2) is 8.30. The van der Waals surface area contributed by atoms with Gasteiger partial charge in [0.1, 0.15) is 5.82 Å². The monoisotopic (exact) mass is 415 g/mol. The first-order valence-electron chi connectivity index (χ1n) is 9.47. The SMILES string of the molecule is O=S(=O)(NCC1CCN(c2cc(-c3ccncc3)[nH]n2)CC1)c1ccc(F)cc1. The molecule has 1 fully saturated rings. The summed E-state index contributed by atoms with van der Waals surface area (Å²) in [5.41, 5.74) is 1.97. The molecule has 7 nitrogen and oxygen atoms in total. The van der Waals surface area contributed by atoms with Gasteiger partial charge in [-0.2, -0.15) is 5.10 Å². The zero-order valence-electron chi connectivity index (χ0n) is 15.8. The largest absolute Gasteiger partial charge is 0.355 e. The van der Waals surface area contributed by atoms with Gasteiger partial charge in [0.05, 0.1) is 10.6 Å². The highest BCUT2D eigenvalue weighted by Gasteiger charge is 2.23. The van der Waals surface area contributed by atoms with Crippen LogP contribution >= 0.6 is 0 Å². The molecule has 1 aliphatic heterocycles. The molecule has 1 aromatic carbocycles. The van der Waals surface area contributed by atoms with Gasteiger partial charge in [0.25, 0.3) is 0 Å². The molecule has 152 valence electrons. The van der Waals surface area contributed by atoms with Crippen molar-refractivity contribution in [2.45, 2.75) is 17.7 Å². The van der Waals surface area contributed by atoms with Crippen molar-refractivity contribution >= 4 is 15.8 Å². The van der Waals surface area contributed by atoms with Gasteiger partial charge in [-0.05, 0) is 55.2 Å². The number of hydrogen-bond acceptors (Lipinski definition) is 5. The van der Waals surface area contributed by atoms with E-state index >= 15 is 0 Å². The second-order valence-electron chi connectivity index (χ2n) is 7.11. The Morgan fingerprint density at radius 3 is 2.48 bits per heavy atom. The Balaban J connectivity index is 1.31. The summed E-state index contributed by atoms with van der Waals surface area (Å²) in [5, 5.41) is 7.47. The molecule has 1 saturated heterocycles. The summed E-state index contributed by atoms with van der Waals surface area (Å²) in [6.45, 7) is 1.99. The third-order valence-corrected chi connectivity index (χ3v) is 6.62. The molecule has 0 unspecified atom stereocenters. The molecule has 0 spiro atoms. The van der Waals surface area contributed by atoms with Crippen molar-refractivity contribution in [3.63, 3.8) is 0 Å². The van der Waals surface area contributed by atoms with Crippen molar-refractivity contribution in [3.05, 3.63) is 60.7 Å². The maximum absolute atomic E-state index is 13.0. The lowest BCUT2D eigenvalue weighted by Gasteiger charge is -2.32. The Morgan fingerprint density at radius 1 is 1.10 bits per heavy atom. The predicted octanol–water partition coefficient (Wildman–Crippen LogP) is 2.81. The van der Waals surface area contributed by atoms with Gasteiger partial charge in [-0.1, -0.05) is 0 Å². The van der Waals surface area contributed by atoms with Crippen LogP contribution in [0.15, 0.2) is 59.8 Å². The molecule has 0 atom stereocenters. The van der Waals surface area contributed by atoms with Crippen LogP contribution in [0, 0.1) is 11.7 Å². The zero-order valence-corrected chi connectivity index (χ0v) is 16.6. The molecule has 1 aliphatic rings. The smallest absolute Gasteiger partial charge is 0.240 e. The van der Waals surface area contributed by atoms with E-state index in [0.29, 0.717) is 6.54 Å². The zero-order chi connectivity index (χ0) is 20.3. The standard InChI is InChI=1S/C20H22FN5O2S/c21-17-1-3-18(4-2-17)29(27,28)23-14-15-7-11-26(12-8-15)20-13-19(24-25-20)16-5-9-22-10-6-16/h1-6,9-10,13,15,23H,7-8,11-12,14H2,(H,24,25). The van der Waals surface area contributed by atoms with Crippen molar-refractivity contribution in [2.75, 3.05) is 24.5 Å². The number of H-pyrrole nitrogens is 1. The fourth-order valence-corrected chi connectivity index (χ4v) is 4.56. The molecule has 29 heavy (non-hydrogen) atoms. The van der Waals surface area contributed by atoms with E-state index in [9.17, 15) is 12.8 Å². The van der Waals surface area contributed by atoms with E-state index in [1.54, 1.807) is 12.4 Å². The van der Waals surface area contributed by atoms with E-state index in [2.05, 4.69) is 24.8 Å². The number of piperidine rings is 1. The van der Waals surface area contributed by atoms with Gasteiger partial charge >= 0.3 is 0 Å². The summed E-state index contributed by atoms with van der Waals surface area (Å²) < 4.78 is 40.3. The summed E-state index contributed by atoms with van der Waals surface area (Å²) >= 11 is 0. The molecule has 2 N–H and O–H groups in total. The topological polar surface area (TPSA) is 91.0 Å². The number of sulfonamides is 1. The summed E-state index contributed by atoms with van der Waals surface area (Å²) in [4.78, 5) is 6.30. The molecule has 3 aromatic rings. The Kier molecular flexibility index (Phi) is 5.59. The third kappa shape index (κ3) is 4.63. The van der Waals surface area contributed by atoms with E-state index in [4.69, 9.17) is 0 Å². The summed E-state index contributed by atoms with van der Waals surface area (Å²) in [6.07, 6.45) is 5.22. The second-order valence-corrected chi connectivity index (χ2v) is 8.88. The van der Waals surface area contributed by atoms with Crippen LogP contribution < -0.4 is 9.62 Å². The molecular formula is C20H22FN5O2S. The number of aromatic amines is 1. The molecule has 3 heterocycles. The Labute approximate surface area is 169 Å². The lowest BCUT2D eigenvalue weighted by atomic mass is 9.97. The average Bonchev–Trinajstić information content (AvgIpc) is 3.24. The van der Waals surface area contributed by atoms with Gasteiger partial charge in [0.15, 0.2) is 5.82 Å². The maximum atomic E-state index is 13.0. The van der Waals surface area contributed by atoms with E-state index in [0.717, 1.165) is 55.1 Å². The molecule has 0 aliphatic carbocycles. The first-order valence-corrected chi connectivity index (χ1v) is 11.0. The van der Waals surface area contributed by atoms with Gasteiger partial charge in [0.2, 0.25) is 10.0 Å². The van der Waals surface area contributed by atoms with Crippen molar-refractivity contribution in [1.29, 1.82) is 0 Å². The van der Waals surface area contributed by atoms with Crippen LogP contribution in [0.1, 0.15) is 12.8 Å². The van der Waals surface area contributed by atoms with E-state index in [1.807, 2.05) is 18.2 Å². The molecule has 9 heteroatoms. The van der Waals surface area contributed by atoms with Crippen LogP contribution in [0.5, 0.6) is 0 Å². The van der Waals surface area contributed by atoms with Crippen LogP contribution in [0.4, 0.5) is 10.2 Å². The van der Waals surface area contributed by atoms with Crippen LogP contribution in [-0.2, 0) is 10.0 Å². The normalized spacial score (nSPS) is 15.6. The summed E-state index contributed by atoms with van der Waals surface area (Å²) in [5.74, 6) is 0.684. The van der Waals surface area contributed by atoms with E-state index < -0.39 is 15.8 Å². The van der Waals surface area contributed by atoms with Gasteiger partial charge in [-0.3, -0.25) is 10.1 Å². The summed E-state index contributed by atoms with van der Waals surface area (Å²) in [7, 11) is -3.62. The van der Waals surface area contributed by atoms with Gasteiger partial charge in [0, 0.05) is 43.7 Å². The number of hydrogen-bond donors (Lipinski definition) is 2. The third-order valence-electron chi connectivity index (χ3n) is 5.18. The fourth-order valence-electron chi connectivity index (χ4n) is 3.44. The minimum Gasteiger partial charge on any atom is -0.355 e. The van der Waals surface area contributed by atoms with Crippen molar-refractivity contribution < 1.29 is 12.8 Å². The van der Waals surface area contributed by atoms with Gasteiger partial charge in [-0.25, -0.2) is 17.5 Å². The number of nitrogens with zero attached hydrogens (tertiary/aromatic N) is 3. The molecule has 0 radical (unpaired) electrons. The number of rotatable bonds is 6. The number of aromatic nitrogens is 3. The lowest BCUT2D eigenvalue weighted by molar-refractivity contribution is 0.400. The van der Waals surface area contributed by atoms with Gasteiger partial charge < -0.3 is 4.90 Å². The number of anilines is 1. The van der Waals surface area contributed by atoms with Crippen LogP contribution in [-0.4, -0.2) is 43.2 Å². The highest BCUT2D eigenvalue weighted by molar-refractivity contribution is 7.89. The first kappa shape index (κ1) is 19.5. The minimum atomic E-state index is -3.62. The fraction of sp³-hybridized carbons (Fsp3) is 0.300. The minimum absolute atomic E-state index is 0.0801. The van der Waals surface area contributed by atoms with E-state index in [-0.39, 0.29) is 10.8 Å². The Hall–Kier alpha value is -2.78. The number of halogens is 1. The molecule has 2 aromatic heterocycles. The molecule has 0 bridgehead atoms. The van der Waals surface area contributed by atoms with Gasteiger partial charge in [-0.15, -0.1) is 0 Å². The first-order chi connectivity index (χ1) is 14.0. The number of benzene rings is 1. The number of pyridine rings is 1. The predicted molar refractivity (Wildman–Crippen MR) is 108 cm³/mol. The molecule has 0 amide bonds. The Morgan fingerprint density at radius 2 is 1.79 bits per heavy atom. The van der Waals surface area contributed by atoms with Crippen molar-refractivity contribution in [1.82, 2.24) is 19.9 Å². The van der Waals surface area contributed by atoms with Crippen molar-refractivity contribution in [3.8, 4) is 11.3 Å². The lowest BCUT2D eigenvalue weighted by Crippen LogP contribution is -2.38. The number of nitrogens with one attached hydrogen (secondary N) is 2. The summed E-state index contributed by atoms with van der Waals surface area (Å²) in [6, 6.07) is 10.7. The van der Waals surface area contributed by atoms with Crippen LogP contribution in [0.2, 0.25) is 0 Å². The van der Waals surface area contributed by atoms with Crippen LogP contribution in [0.25, 0.3) is 11.3 Å². The van der Waals surface area contributed by atoms with Crippen LogP contribution in [0.3, 0.4) is 0 Å². The highest BCUT2D eigenvalue weighted by atomic mass is 32.2. The average molecular weight is 415 g/mol. The van der Waals surface area contributed by atoms with Crippen molar-refractivity contribution in [2.24, 2.45) is 5.92 Å². The Bertz CT molecular complexity index is 1050. The highest BCUT2D eigenvalue weighted by Crippen LogP contribution is 2.25. The molecule has 4 rings (SSSR count). The maximum Gasteiger partial charge on any atom is 0.240 e. The molecular weight excluding hydrogens is 393 g/mol. The van der Waals surface area contributed by atoms with E-state index in [1.165, 1.54) is 12.1 Å².